The van der Waals surface area contributed by atoms with Crippen molar-refractivity contribution < 1.29 is 12.9 Å². The van der Waals surface area contributed by atoms with Crippen molar-refractivity contribution in [3.05, 3.63) is 64.0 Å². The maximum absolute atomic E-state index is 13.4. The van der Waals surface area contributed by atoms with Gasteiger partial charge < -0.3 is 4.52 Å². The molecule has 172 valence electrons. The molecule has 0 unspecified atom stereocenters. The largest absolute Gasteiger partial charge is 0.338 e. The van der Waals surface area contributed by atoms with Crippen molar-refractivity contribution in [3.63, 3.8) is 0 Å². The van der Waals surface area contributed by atoms with Gasteiger partial charge in [-0.25, -0.2) is 13.1 Å². The van der Waals surface area contributed by atoms with E-state index in [4.69, 9.17) is 16.1 Å². The highest BCUT2D eigenvalue weighted by Crippen LogP contribution is 2.35. The van der Waals surface area contributed by atoms with E-state index in [-0.39, 0.29) is 24.3 Å². The Morgan fingerprint density at radius 3 is 2.00 bits per heavy atom. The molecule has 3 aromatic rings. The van der Waals surface area contributed by atoms with Crippen LogP contribution < -0.4 is 4.72 Å². The van der Waals surface area contributed by atoms with E-state index in [0.717, 1.165) is 22.3 Å². The highest BCUT2D eigenvalue weighted by atomic mass is 35.5. The molecule has 0 radical (unpaired) electrons. The summed E-state index contributed by atoms with van der Waals surface area (Å²) < 4.78 is 34.8. The predicted octanol–water partition coefficient (Wildman–Crippen LogP) is 6.24. The Balaban J connectivity index is 1.92. The molecule has 0 aliphatic heterocycles. The first-order valence-electron chi connectivity index (χ1n) is 10.8. The molecule has 0 spiro atoms. The SMILES string of the molecule is CC(C)c1cc(C(C)C)c(S(=O)(=O)NCc2nc(-c3ccc(Cl)cc3)no2)c(C(C)C)c1. The van der Waals surface area contributed by atoms with E-state index in [0.29, 0.717) is 21.7 Å². The maximum Gasteiger partial charge on any atom is 0.242 e. The molecule has 1 N–H and O–H groups in total. The van der Waals surface area contributed by atoms with Crippen LogP contribution in [-0.2, 0) is 16.6 Å². The van der Waals surface area contributed by atoms with Gasteiger partial charge in [-0.3, -0.25) is 0 Å². The van der Waals surface area contributed by atoms with E-state index in [2.05, 4.69) is 28.7 Å². The van der Waals surface area contributed by atoms with Crippen LogP contribution >= 0.6 is 11.6 Å². The third-order valence-corrected chi connectivity index (χ3v) is 7.12. The molecule has 0 aliphatic carbocycles. The van der Waals surface area contributed by atoms with Gasteiger partial charge in [0.2, 0.25) is 21.7 Å². The second-order valence-corrected chi connectivity index (χ2v) is 11.0. The summed E-state index contributed by atoms with van der Waals surface area (Å²) in [6.45, 7) is 12.2. The van der Waals surface area contributed by atoms with Gasteiger partial charge in [0.1, 0.15) is 0 Å². The number of halogens is 1. The molecule has 1 heterocycles. The van der Waals surface area contributed by atoms with Gasteiger partial charge in [0.25, 0.3) is 0 Å². The zero-order valence-corrected chi connectivity index (χ0v) is 20.9. The van der Waals surface area contributed by atoms with E-state index in [1.54, 1.807) is 24.3 Å². The Morgan fingerprint density at radius 2 is 1.50 bits per heavy atom. The predicted molar refractivity (Wildman–Crippen MR) is 127 cm³/mol. The van der Waals surface area contributed by atoms with E-state index < -0.39 is 10.0 Å². The second kappa shape index (κ2) is 9.73. The molecule has 0 aliphatic rings. The fourth-order valence-electron chi connectivity index (χ4n) is 3.47. The number of sulfonamides is 1. The van der Waals surface area contributed by atoms with Gasteiger partial charge in [-0.2, -0.15) is 4.98 Å². The van der Waals surface area contributed by atoms with E-state index in [9.17, 15) is 8.42 Å². The number of hydrogen-bond donors (Lipinski definition) is 1. The number of hydrogen-bond acceptors (Lipinski definition) is 5. The van der Waals surface area contributed by atoms with Crippen LogP contribution in [0.15, 0.2) is 45.8 Å². The van der Waals surface area contributed by atoms with Crippen molar-refractivity contribution in [1.29, 1.82) is 0 Å². The van der Waals surface area contributed by atoms with Crippen molar-refractivity contribution in [2.24, 2.45) is 0 Å². The number of nitrogens with one attached hydrogen (secondary N) is 1. The van der Waals surface area contributed by atoms with Crippen LogP contribution in [-0.4, -0.2) is 18.6 Å². The van der Waals surface area contributed by atoms with E-state index >= 15 is 0 Å². The topological polar surface area (TPSA) is 85.1 Å². The van der Waals surface area contributed by atoms with Crippen molar-refractivity contribution in [1.82, 2.24) is 14.9 Å². The maximum atomic E-state index is 13.4. The average molecular weight is 476 g/mol. The van der Waals surface area contributed by atoms with Crippen molar-refractivity contribution >= 4 is 21.6 Å². The first-order chi connectivity index (χ1) is 15.0. The number of benzene rings is 2. The summed E-state index contributed by atoms with van der Waals surface area (Å²) in [5.41, 5.74) is 3.51. The fourth-order valence-corrected chi connectivity index (χ4v) is 5.27. The van der Waals surface area contributed by atoms with E-state index in [1.165, 1.54) is 0 Å². The molecule has 1 aromatic heterocycles. The van der Waals surface area contributed by atoms with Gasteiger partial charge in [-0.05, 0) is 58.7 Å². The summed E-state index contributed by atoms with van der Waals surface area (Å²) in [6.07, 6.45) is 0. The number of rotatable bonds is 8. The van der Waals surface area contributed by atoms with Crippen molar-refractivity contribution in [2.45, 2.75) is 70.7 Å². The molecule has 0 bridgehead atoms. The standard InChI is InChI=1S/C24H30ClN3O3S/c1-14(2)18-11-20(15(3)4)23(21(12-18)16(5)6)32(29,30)26-13-22-27-24(28-31-22)17-7-9-19(25)10-8-17/h7-12,14-16,26H,13H2,1-6H3. The van der Waals surface area contributed by atoms with Gasteiger partial charge in [0.05, 0.1) is 11.4 Å². The third kappa shape index (κ3) is 5.39. The van der Waals surface area contributed by atoms with Gasteiger partial charge >= 0.3 is 0 Å². The van der Waals surface area contributed by atoms with Crippen LogP contribution in [0, 0.1) is 0 Å². The Labute approximate surface area is 195 Å². The minimum Gasteiger partial charge on any atom is -0.338 e. The Hall–Kier alpha value is -2.22. The zero-order valence-electron chi connectivity index (χ0n) is 19.3. The summed E-state index contributed by atoms with van der Waals surface area (Å²) >= 11 is 5.92. The molecule has 0 saturated heterocycles. The minimum atomic E-state index is -3.81. The smallest absolute Gasteiger partial charge is 0.242 e. The lowest BCUT2D eigenvalue weighted by Gasteiger charge is -2.22. The summed E-state index contributed by atoms with van der Waals surface area (Å²) in [7, 11) is -3.81. The van der Waals surface area contributed by atoms with Crippen LogP contribution in [0.5, 0.6) is 0 Å². The zero-order chi connectivity index (χ0) is 23.6. The van der Waals surface area contributed by atoms with Crippen LogP contribution in [0.4, 0.5) is 0 Å². The average Bonchev–Trinajstić information content (AvgIpc) is 3.21. The van der Waals surface area contributed by atoms with Gasteiger partial charge in [-0.15, -0.1) is 0 Å². The first kappa shape index (κ1) is 24.4. The van der Waals surface area contributed by atoms with Crippen LogP contribution in [0.3, 0.4) is 0 Å². The molecule has 32 heavy (non-hydrogen) atoms. The number of aromatic nitrogens is 2. The van der Waals surface area contributed by atoms with Crippen LogP contribution in [0.2, 0.25) is 5.02 Å². The highest BCUT2D eigenvalue weighted by Gasteiger charge is 2.27. The molecule has 3 rings (SSSR count). The molecular weight excluding hydrogens is 446 g/mol. The molecular formula is C24H30ClN3O3S. The molecule has 0 saturated carbocycles. The van der Waals surface area contributed by atoms with Crippen molar-refractivity contribution in [2.75, 3.05) is 0 Å². The lowest BCUT2D eigenvalue weighted by Crippen LogP contribution is -2.26. The van der Waals surface area contributed by atoms with Crippen LogP contribution in [0.1, 0.15) is 81.9 Å². The monoisotopic (exact) mass is 475 g/mol. The Bertz CT molecular complexity index is 1150. The fraction of sp³-hybridized carbons (Fsp3) is 0.417. The van der Waals surface area contributed by atoms with Gasteiger partial charge in [0, 0.05) is 10.6 Å². The van der Waals surface area contributed by atoms with E-state index in [1.807, 2.05) is 39.8 Å². The molecule has 0 atom stereocenters. The molecule has 2 aromatic carbocycles. The minimum absolute atomic E-state index is 0.0534. The van der Waals surface area contributed by atoms with Crippen molar-refractivity contribution in [3.8, 4) is 11.4 Å². The van der Waals surface area contributed by atoms with Gasteiger partial charge in [-0.1, -0.05) is 70.4 Å². The summed E-state index contributed by atoms with van der Waals surface area (Å²) in [6, 6.07) is 11.1. The Morgan fingerprint density at radius 1 is 0.938 bits per heavy atom. The quantitative estimate of drug-likeness (QED) is 0.416. The first-order valence-corrected chi connectivity index (χ1v) is 12.6. The number of nitrogens with zero attached hydrogens (tertiary/aromatic N) is 2. The molecule has 6 nitrogen and oxygen atoms in total. The summed E-state index contributed by atoms with van der Waals surface area (Å²) in [5, 5.41) is 4.56. The Kier molecular flexibility index (Phi) is 7.43. The third-order valence-electron chi connectivity index (χ3n) is 5.33. The molecule has 0 fully saturated rings. The van der Waals surface area contributed by atoms with Gasteiger partial charge in [0.15, 0.2) is 0 Å². The summed E-state index contributed by atoms with van der Waals surface area (Å²) in [5.74, 6) is 0.979. The summed E-state index contributed by atoms with van der Waals surface area (Å²) in [4.78, 5) is 4.66. The highest BCUT2D eigenvalue weighted by molar-refractivity contribution is 7.89. The molecule has 8 heteroatoms. The van der Waals surface area contributed by atoms with Crippen LogP contribution in [0.25, 0.3) is 11.4 Å². The lowest BCUT2D eigenvalue weighted by atomic mass is 9.89. The molecule has 0 amide bonds. The normalized spacial score (nSPS) is 12.3. The second-order valence-electron chi connectivity index (χ2n) is 8.84. The lowest BCUT2D eigenvalue weighted by molar-refractivity contribution is 0.376.